The Morgan fingerprint density at radius 2 is 2.16 bits per heavy atom. The summed E-state index contributed by atoms with van der Waals surface area (Å²) in [5.74, 6) is -2.42. The number of carboxylic acid groups (broad SMARTS) is 1. The van der Waals surface area contributed by atoms with Crippen LogP contribution in [-0.4, -0.2) is 40.9 Å². The molecule has 0 bridgehead atoms. The van der Waals surface area contributed by atoms with Gasteiger partial charge < -0.3 is 14.6 Å². The van der Waals surface area contributed by atoms with Gasteiger partial charge in [0.25, 0.3) is 11.8 Å². The van der Waals surface area contributed by atoms with Gasteiger partial charge in [-0.3, -0.25) is 19.8 Å². The number of aliphatic carboxylic acids is 1. The Kier molecular flexibility index (Phi) is 5.89. The van der Waals surface area contributed by atoms with Gasteiger partial charge in [0.1, 0.15) is 17.9 Å². The Morgan fingerprint density at radius 3 is 2.76 bits per heavy atom. The van der Waals surface area contributed by atoms with E-state index in [1.807, 2.05) is 0 Å². The lowest BCUT2D eigenvalue weighted by Gasteiger charge is -2.27. The molecule has 0 spiro atoms. The van der Waals surface area contributed by atoms with Gasteiger partial charge in [-0.15, -0.1) is 6.58 Å². The van der Waals surface area contributed by atoms with Crippen LogP contribution in [0.25, 0.3) is 6.08 Å². The Labute approximate surface area is 153 Å². The van der Waals surface area contributed by atoms with Crippen molar-refractivity contribution < 1.29 is 24.2 Å². The Hall–Kier alpha value is -2.71. The van der Waals surface area contributed by atoms with Crippen LogP contribution in [0.5, 0.6) is 5.75 Å². The predicted molar refractivity (Wildman–Crippen MR) is 92.6 cm³/mol. The molecule has 2 amide bonds. The quantitative estimate of drug-likeness (QED) is 0.330. The molecule has 1 aliphatic rings. The average molecular weight is 380 g/mol. The van der Waals surface area contributed by atoms with Gasteiger partial charge in [0.15, 0.2) is 5.11 Å². The first-order chi connectivity index (χ1) is 11.8. The van der Waals surface area contributed by atoms with Gasteiger partial charge in [-0.05, 0) is 36.0 Å². The Bertz CT molecular complexity index is 806. The lowest BCUT2D eigenvalue weighted by atomic mass is 10.1. The highest BCUT2D eigenvalue weighted by atomic mass is 35.5. The summed E-state index contributed by atoms with van der Waals surface area (Å²) >= 11 is 11.0. The van der Waals surface area contributed by atoms with Gasteiger partial charge in [0, 0.05) is 6.54 Å². The molecule has 0 saturated carbocycles. The third-order valence-electron chi connectivity index (χ3n) is 3.11. The molecular formula is C16H12ClN2O5S-. The number of ether oxygens (including phenoxy) is 1. The summed E-state index contributed by atoms with van der Waals surface area (Å²) in [4.78, 5) is 36.0. The standard InChI is InChI=1S/C16H13ClN2O5S/c1-2-5-19-15(23)10(14(22)18-16(19)25)6-9-3-4-12(11(17)7-9)24-8-13(20)21/h2-4,6-7H,1,5,8H2,(H,20,21)(H,18,22,25)/p-1/b10-6+. The van der Waals surface area contributed by atoms with E-state index in [1.54, 1.807) is 0 Å². The van der Waals surface area contributed by atoms with E-state index >= 15 is 0 Å². The van der Waals surface area contributed by atoms with Gasteiger partial charge in [0.05, 0.1) is 11.0 Å². The largest absolute Gasteiger partial charge is 0.546 e. The number of hydrogen-bond acceptors (Lipinski definition) is 6. The highest BCUT2D eigenvalue weighted by Crippen LogP contribution is 2.27. The van der Waals surface area contributed by atoms with E-state index in [2.05, 4.69) is 11.9 Å². The summed E-state index contributed by atoms with van der Waals surface area (Å²) in [6, 6.07) is 4.38. The zero-order valence-corrected chi connectivity index (χ0v) is 14.4. The molecule has 1 heterocycles. The van der Waals surface area contributed by atoms with Gasteiger partial charge in [-0.2, -0.15) is 0 Å². The second kappa shape index (κ2) is 7.91. The minimum Gasteiger partial charge on any atom is -0.546 e. The molecule has 1 N–H and O–H groups in total. The molecule has 0 aliphatic carbocycles. The normalized spacial score (nSPS) is 16.0. The van der Waals surface area contributed by atoms with Gasteiger partial charge in [0.2, 0.25) is 0 Å². The maximum atomic E-state index is 12.4. The summed E-state index contributed by atoms with van der Waals surface area (Å²) in [6.07, 6.45) is 2.84. The zero-order chi connectivity index (χ0) is 18.6. The van der Waals surface area contributed by atoms with Crippen molar-refractivity contribution in [2.45, 2.75) is 0 Å². The van der Waals surface area contributed by atoms with E-state index in [0.717, 1.165) is 0 Å². The Balaban J connectivity index is 2.28. The summed E-state index contributed by atoms with van der Waals surface area (Å²) in [6.45, 7) is 3.05. The maximum Gasteiger partial charge on any atom is 0.265 e. The van der Waals surface area contributed by atoms with Crippen molar-refractivity contribution in [1.29, 1.82) is 0 Å². The van der Waals surface area contributed by atoms with Gasteiger partial charge in [-0.25, -0.2) is 0 Å². The SMILES string of the molecule is C=CCN1C(=O)/C(=C/c2ccc(OCC(=O)[O-])c(Cl)c2)C(=O)NC1=S. The molecule has 1 aromatic carbocycles. The molecule has 0 unspecified atom stereocenters. The van der Waals surface area contributed by atoms with E-state index in [0.29, 0.717) is 5.56 Å². The maximum absolute atomic E-state index is 12.4. The second-order valence-corrected chi connectivity index (χ2v) is 5.67. The van der Waals surface area contributed by atoms with Crippen molar-refractivity contribution in [2.75, 3.05) is 13.2 Å². The number of carbonyl (C=O) groups excluding carboxylic acids is 3. The zero-order valence-electron chi connectivity index (χ0n) is 12.8. The molecule has 9 heteroatoms. The van der Waals surface area contributed by atoms with Crippen LogP contribution in [-0.2, 0) is 14.4 Å². The predicted octanol–water partition coefficient (Wildman–Crippen LogP) is 0.281. The van der Waals surface area contributed by atoms with Crippen molar-refractivity contribution in [2.24, 2.45) is 0 Å². The number of halogens is 1. The molecule has 0 radical (unpaired) electrons. The summed E-state index contributed by atoms with van der Waals surface area (Å²) < 4.78 is 4.95. The van der Waals surface area contributed by atoms with Crippen LogP contribution in [0.1, 0.15) is 5.56 Å². The smallest absolute Gasteiger partial charge is 0.265 e. The molecule has 0 atom stereocenters. The number of nitrogens with zero attached hydrogens (tertiary/aromatic N) is 1. The Morgan fingerprint density at radius 1 is 1.44 bits per heavy atom. The number of nitrogens with one attached hydrogen (secondary N) is 1. The number of carbonyl (C=O) groups is 3. The average Bonchev–Trinajstić information content (AvgIpc) is 2.54. The van der Waals surface area contributed by atoms with Crippen molar-refractivity contribution in [1.82, 2.24) is 10.2 Å². The number of rotatable bonds is 6. The van der Waals surface area contributed by atoms with E-state index in [9.17, 15) is 19.5 Å². The summed E-state index contributed by atoms with van der Waals surface area (Å²) in [5, 5.41) is 13.0. The van der Waals surface area contributed by atoms with Crippen LogP contribution >= 0.6 is 23.8 Å². The molecule has 25 heavy (non-hydrogen) atoms. The first-order valence-electron chi connectivity index (χ1n) is 6.95. The fourth-order valence-corrected chi connectivity index (χ4v) is 2.51. The third kappa shape index (κ3) is 4.43. The first-order valence-corrected chi connectivity index (χ1v) is 7.74. The van der Waals surface area contributed by atoms with E-state index in [1.165, 1.54) is 35.3 Å². The number of thiocarbonyl (C=S) groups is 1. The van der Waals surface area contributed by atoms with Crippen LogP contribution in [0.4, 0.5) is 0 Å². The number of carboxylic acids is 1. The van der Waals surface area contributed by atoms with Gasteiger partial charge >= 0.3 is 0 Å². The molecule has 1 aliphatic heterocycles. The number of benzene rings is 1. The molecular weight excluding hydrogens is 368 g/mol. The minimum absolute atomic E-state index is 0.0103. The highest BCUT2D eigenvalue weighted by molar-refractivity contribution is 7.80. The third-order valence-corrected chi connectivity index (χ3v) is 3.73. The molecule has 0 aromatic heterocycles. The number of amides is 2. The van der Waals surface area contributed by atoms with Crippen LogP contribution in [0.2, 0.25) is 5.02 Å². The van der Waals surface area contributed by atoms with Crippen molar-refractivity contribution in [3.05, 3.63) is 47.0 Å². The highest BCUT2D eigenvalue weighted by Gasteiger charge is 2.32. The lowest BCUT2D eigenvalue weighted by molar-refractivity contribution is -0.307. The van der Waals surface area contributed by atoms with Crippen LogP contribution < -0.4 is 15.2 Å². The molecule has 1 aromatic rings. The molecule has 1 saturated heterocycles. The second-order valence-electron chi connectivity index (χ2n) is 4.87. The summed E-state index contributed by atoms with van der Waals surface area (Å²) in [7, 11) is 0. The lowest BCUT2D eigenvalue weighted by Crippen LogP contribution is -2.53. The first kappa shape index (κ1) is 18.6. The topological polar surface area (TPSA) is 98.8 Å². The van der Waals surface area contributed by atoms with Crippen molar-refractivity contribution in [3.8, 4) is 5.75 Å². The minimum atomic E-state index is -1.38. The molecule has 2 rings (SSSR count). The van der Waals surface area contributed by atoms with Crippen molar-refractivity contribution >= 4 is 52.8 Å². The van der Waals surface area contributed by atoms with Crippen molar-refractivity contribution in [3.63, 3.8) is 0 Å². The number of hydrogen-bond donors (Lipinski definition) is 1. The van der Waals surface area contributed by atoms with Crippen LogP contribution in [0.15, 0.2) is 36.4 Å². The molecule has 7 nitrogen and oxygen atoms in total. The monoisotopic (exact) mass is 379 g/mol. The molecule has 1 fully saturated rings. The van der Waals surface area contributed by atoms with E-state index < -0.39 is 24.4 Å². The van der Waals surface area contributed by atoms with Gasteiger partial charge in [-0.1, -0.05) is 23.7 Å². The molecule has 130 valence electrons. The van der Waals surface area contributed by atoms with E-state index in [-0.39, 0.29) is 28.0 Å². The van der Waals surface area contributed by atoms with Crippen LogP contribution in [0.3, 0.4) is 0 Å². The fraction of sp³-hybridized carbons (Fsp3) is 0.125. The summed E-state index contributed by atoms with van der Waals surface area (Å²) in [5.41, 5.74) is 0.339. The fourth-order valence-electron chi connectivity index (χ4n) is 2.02. The van der Waals surface area contributed by atoms with E-state index in [4.69, 9.17) is 28.6 Å². The van der Waals surface area contributed by atoms with Crippen LogP contribution in [0, 0.1) is 0 Å².